The molecule has 0 bridgehead atoms. The second-order valence-corrected chi connectivity index (χ2v) is 4.18. The van der Waals surface area contributed by atoms with Crippen LogP contribution in [0.25, 0.3) is 11.4 Å². The van der Waals surface area contributed by atoms with Crippen LogP contribution in [-0.4, -0.2) is 28.8 Å². The van der Waals surface area contributed by atoms with Crippen LogP contribution >= 0.6 is 0 Å². The standard InChI is InChI=1S/C12H14N4O2/c1-17-12-11(14-5-6-15-12)9-7-10(18-16-9)8-3-2-4-13-8/h5-8,13H,2-4H2,1H3/t8-/m0/s1. The molecule has 0 saturated carbocycles. The van der Waals surface area contributed by atoms with Gasteiger partial charge in [0.15, 0.2) is 11.5 Å². The molecule has 0 unspecified atom stereocenters. The van der Waals surface area contributed by atoms with Gasteiger partial charge in [0.25, 0.3) is 0 Å². The molecule has 1 saturated heterocycles. The van der Waals surface area contributed by atoms with Crippen molar-refractivity contribution in [1.29, 1.82) is 0 Å². The van der Waals surface area contributed by atoms with Gasteiger partial charge in [-0.1, -0.05) is 5.16 Å². The largest absolute Gasteiger partial charge is 0.479 e. The van der Waals surface area contributed by atoms with E-state index in [1.165, 1.54) is 0 Å². The number of methoxy groups -OCH3 is 1. The molecule has 0 amide bonds. The molecule has 0 aliphatic carbocycles. The van der Waals surface area contributed by atoms with Crippen LogP contribution in [0, 0.1) is 0 Å². The monoisotopic (exact) mass is 246 g/mol. The molecule has 0 spiro atoms. The summed E-state index contributed by atoms with van der Waals surface area (Å²) >= 11 is 0. The van der Waals surface area contributed by atoms with E-state index >= 15 is 0 Å². The van der Waals surface area contributed by atoms with E-state index < -0.39 is 0 Å². The molecule has 2 aromatic rings. The summed E-state index contributed by atoms with van der Waals surface area (Å²) in [5.41, 5.74) is 1.26. The summed E-state index contributed by atoms with van der Waals surface area (Å²) in [5.74, 6) is 1.30. The molecule has 6 heteroatoms. The highest BCUT2D eigenvalue weighted by atomic mass is 16.5. The highest BCUT2D eigenvalue weighted by molar-refractivity contribution is 5.59. The van der Waals surface area contributed by atoms with E-state index in [0.29, 0.717) is 17.3 Å². The molecule has 6 nitrogen and oxygen atoms in total. The number of hydrogen-bond donors (Lipinski definition) is 1. The summed E-state index contributed by atoms with van der Waals surface area (Å²) in [5, 5.41) is 7.41. The Morgan fingerprint density at radius 2 is 2.28 bits per heavy atom. The number of rotatable bonds is 3. The minimum Gasteiger partial charge on any atom is -0.479 e. The predicted molar refractivity (Wildman–Crippen MR) is 64.1 cm³/mol. The number of aromatic nitrogens is 3. The fourth-order valence-electron chi connectivity index (χ4n) is 2.14. The molecule has 1 N–H and O–H groups in total. The van der Waals surface area contributed by atoms with E-state index in [0.717, 1.165) is 25.1 Å². The molecule has 1 atom stereocenters. The van der Waals surface area contributed by atoms with E-state index in [4.69, 9.17) is 9.26 Å². The summed E-state index contributed by atoms with van der Waals surface area (Å²) in [7, 11) is 1.56. The molecule has 3 heterocycles. The molecule has 3 rings (SSSR count). The van der Waals surface area contributed by atoms with Crippen molar-refractivity contribution in [1.82, 2.24) is 20.4 Å². The first kappa shape index (κ1) is 11.2. The van der Waals surface area contributed by atoms with E-state index in [1.807, 2.05) is 6.07 Å². The molecular weight excluding hydrogens is 232 g/mol. The molecule has 1 aliphatic heterocycles. The lowest BCUT2D eigenvalue weighted by atomic mass is 10.1. The summed E-state index contributed by atoms with van der Waals surface area (Å²) in [4.78, 5) is 8.33. The first-order valence-electron chi connectivity index (χ1n) is 5.94. The van der Waals surface area contributed by atoms with Gasteiger partial charge in [0, 0.05) is 18.5 Å². The second-order valence-electron chi connectivity index (χ2n) is 4.18. The molecule has 0 radical (unpaired) electrons. The van der Waals surface area contributed by atoms with Gasteiger partial charge in [-0.2, -0.15) is 0 Å². The Balaban J connectivity index is 1.92. The summed E-state index contributed by atoms with van der Waals surface area (Å²) in [6, 6.07) is 2.16. The van der Waals surface area contributed by atoms with Gasteiger partial charge in [-0.05, 0) is 19.4 Å². The first-order chi connectivity index (χ1) is 8.88. The molecular formula is C12H14N4O2. The Bertz CT molecular complexity index is 534. The predicted octanol–water partition coefficient (Wildman–Crippen LogP) is 1.56. The van der Waals surface area contributed by atoms with Crippen LogP contribution in [0.3, 0.4) is 0 Å². The first-order valence-corrected chi connectivity index (χ1v) is 5.94. The zero-order valence-corrected chi connectivity index (χ0v) is 10.1. The zero-order valence-electron chi connectivity index (χ0n) is 10.1. The SMILES string of the molecule is COc1nccnc1-c1cc([C@@H]2CCCN2)on1. The second kappa shape index (κ2) is 4.73. The van der Waals surface area contributed by atoms with Crippen LogP contribution in [-0.2, 0) is 0 Å². The minimum atomic E-state index is 0.258. The van der Waals surface area contributed by atoms with E-state index in [-0.39, 0.29) is 6.04 Å². The lowest BCUT2D eigenvalue weighted by Crippen LogP contribution is -2.11. The van der Waals surface area contributed by atoms with Crippen molar-refractivity contribution in [2.75, 3.05) is 13.7 Å². The highest BCUT2D eigenvalue weighted by Gasteiger charge is 2.22. The topological polar surface area (TPSA) is 73.1 Å². The fourth-order valence-corrected chi connectivity index (χ4v) is 2.14. The summed E-state index contributed by atoms with van der Waals surface area (Å²) < 4.78 is 10.5. The van der Waals surface area contributed by atoms with Gasteiger partial charge < -0.3 is 14.6 Å². The van der Waals surface area contributed by atoms with Crippen molar-refractivity contribution in [3.05, 3.63) is 24.2 Å². The third kappa shape index (κ3) is 1.95. The summed E-state index contributed by atoms with van der Waals surface area (Å²) in [6.45, 7) is 1.02. The normalized spacial score (nSPS) is 19.1. The Morgan fingerprint density at radius 3 is 3.06 bits per heavy atom. The van der Waals surface area contributed by atoms with Gasteiger partial charge in [0.05, 0.1) is 13.2 Å². The number of ether oxygens (including phenoxy) is 1. The lowest BCUT2D eigenvalue weighted by Gasteiger charge is -2.03. The zero-order chi connectivity index (χ0) is 12.4. The van der Waals surface area contributed by atoms with Crippen LogP contribution < -0.4 is 10.1 Å². The molecule has 18 heavy (non-hydrogen) atoms. The van der Waals surface area contributed by atoms with Crippen LogP contribution in [0.15, 0.2) is 23.0 Å². The van der Waals surface area contributed by atoms with Crippen LogP contribution in [0.1, 0.15) is 24.6 Å². The maximum Gasteiger partial charge on any atom is 0.242 e. The molecule has 2 aromatic heterocycles. The molecule has 1 fully saturated rings. The Kier molecular flexibility index (Phi) is 2.93. The highest BCUT2D eigenvalue weighted by Crippen LogP contribution is 2.29. The Hall–Kier alpha value is -1.95. The van der Waals surface area contributed by atoms with Crippen molar-refractivity contribution in [2.45, 2.75) is 18.9 Å². The lowest BCUT2D eigenvalue weighted by molar-refractivity contribution is 0.352. The minimum absolute atomic E-state index is 0.258. The average Bonchev–Trinajstić information content (AvgIpc) is 3.09. The van der Waals surface area contributed by atoms with Crippen LogP contribution in [0.5, 0.6) is 5.88 Å². The van der Waals surface area contributed by atoms with Gasteiger partial charge >= 0.3 is 0 Å². The third-order valence-corrected chi connectivity index (χ3v) is 3.03. The van der Waals surface area contributed by atoms with Gasteiger partial charge in [0.2, 0.25) is 5.88 Å². The summed E-state index contributed by atoms with van der Waals surface area (Å²) in [6.07, 6.45) is 5.43. The molecule has 94 valence electrons. The van der Waals surface area contributed by atoms with Gasteiger partial charge in [0.1, 0.15) is 5.69 Å². The van der Waals surface area contributed by atoms with E-state index in [9.17, 15) is 0 Å². The van der Waals surface area contributed by atoms with Gasteiger partial charge in [-0.3, -0.25) is 0 Å². The quantitative estimate of drug-likeness (QED) is 0.886. The average molecular weight is 246 g/mol. The number of hydrogen-bond acceptors (Lipinski definition) is 6. The fraction of sp³-hybridized carbons (Fsp3) is 0.417. The van der Waals surface area contributed by atoms with Crippen molar-refractivity contribution >= 4 is 0 Å². The molecule has 1 aliphatic rings. The smallest absolute Gasteiger partial charge is 0.242 e. The van der Waals surface area contributed by atoms with Gasteiger partial charge in [-0.15, -0.1) is 0 Å². The maximum atomic E-state index is 5.37. The van der Waals surface area contributed by atoms with E-state index in [2.05, 4.69) is 20.4 Å². The maximum absolute atomic E-state index is 5.37. The van der Waals surface area contributed by atoms with Crippen molar-refractivity contribution in [3.63, 3.8) is 0 Å². The number of nitrogens with zero attached hydrogens (tertiary/aromatic N) is 3. The Morgan fingerprint density at radius 1 is 1.39 bits per heavy atom. The van der Waals surface area contributed by atoms with Crippen molar-refractivity contribution in [3.8, 4) is 17.3 Å². The molecule has 0 aromatic carbocycles. The van der Waals surface area contributed by atoms with Crippen molar-refractivity contribution in [2.24, 2.45) is 0 Å². The van der Waals surface area contributed by atoms with E-state index in [1.54, 1.807) is 19.5 Å². The van der Waals surface area contributed by atoms with Crippen LogP contribution in [0.4, 0.5) is 0 Å². The van der Waals surface area contributed by atoms with Crippen LogP contribution in [0.2, 0.25) is 0 Å². The van der Waals surface area contributed by atoms with Crippen molar-refractivity contribution < 1.29 is 9.26 Å². The Labute approximate surface area is 104 Å². The van der Waals surface area contributed by atoms with Gasteiger partial charge in [-0.25, -0.2) is 9.97 Å². The third-order valence-electron chi connectivity index (χ3n) is 3.03. The number of nitrogens with one attached hydrogen (secondary N) is 1.